The Morgan fingerprint density at radius 3 is 2.56 bits per heavy atom. The van der Waals surface area contributed by atoms with E-state index in [-0.39, 0.29) is 6.10 Å². The third-order valence-corrected chi connectivity index (χ3v) is 11.6. The summed E-state index contributed by atoms with van der Waals surface area (Å²) in [7, 11) is 0. The van der Waals surface area contributed by atoms with E-state index < -0.39 is 0 Å². The van der Waals surface area contributed by atoms with Crippen molar-refractivity contribution in [3.8, 4) is 0 Å². The molecular formula is C31H49NO2. The standard InChI is InChI=1S/C31H49NO2/c1-21(6-11-28(34)32-18-16-29(2,3)17-19-32)25-9-10-26-24-8-7-22-20-23(33)12-14-30(22,4)27(24)13-15-31(25,26)5/h7,9-10,21,23-27,33H,6,8,11-20H2,1-5H3/t21-,23+,24+,25-,26+,27+,30+,31-/m1/s1. The van der Waals surface area contributed by atoms with Crippen LogP contribution >= 0.6 is 0 Å². The predicted octanol–water partition coefficient (Wildman–Crippen LogP) is 6.77. The van der Waals surface area contributed by atoms with Crippen molar-refractivity contribution in [2.75, 3.05) is 13.1 Å². The van der Waals surface area contributed by atoms with Crippen LogP contribution in [-0.4, -0.2) is 35.1 Å². The Balaban J connectivity index is 1.22. The molecule has 0 aromatic carbocycles. The number of fused-ring (bicyclic) bond motifs is 5. The van der Waals surface area contributed by atoms with Crippen molar-refractivity contribution in [3.05, 3.63) is 23.8 Å². The number of carbonyl (C=O) groups excluding carboxylic acids is 1. The van der Waals surface area contributed by atoms with E-state index in [0.717, 1.165) is 63.5 Å². The van der Waals surface area contributed by atoms with Gasteiger partial charge in [0.05, 0.1) is 6.10 Å². The fourth-order valence-corrected chi connectivity index (χ4v) is 9.02. The number of rotatable bonds is 4. The van der Waals surface area contributed by atoms with E-state index in [1.165, 1.54) is 19.3 Å². The number of allylic oxidation sites excluding steroid dienone is 3. The molecule has 1 saturated heterocycles. The van der Waals surface area contributed by atoms with Gasteiger partial charge in [0.25, 0.3) is 0 Å². The van der Waals surface area contributed by atoms with Crippen LogP contribution in [0.2, 0.25) is 0 Å². The van der Waals surface area contributed by atoms with Crippen LogP contribution in [0.1, 0.15) is 98.8 Å². The monoisotopic (exact) mass is 467 g/mol. The number of piperidine rings is 1. The minimum absolute atomic E-state index is 0.125. The molecule has 0 aromatic rings. The molecule has 3 nitrogen and oxygen atoms in total. The smallest absolute Gasteiger partial charge is 0.222 e. The van der Waals surface area contributed by atoms with Gasteiger partial charge in [-0.25, -0.2) is 0 Å². The normalized spacial score (nSPS) is 44.0. The van der Waals surface area contributed by atoms with Gasteiger partial charge in [-0.15, -0.1) is 0 Å². The van der Waals surface area contributed by atoms with E-state index in [1.807, 2.05) is 0 Å². The van der Waals surface area contributed by atoms with Gasteiger partial charge >= 0.3 is 0 Å². The SMILES string of the molecule is C[C@H](CCC(=O)N1CCC(C)(C)CC1)[C@H]1C=C[C@H]2[C@@H]3CC=C4C[C@@H](O)CC[C@]4(C)[C@H]3CC[C@]12C. The first kappa shape index (κ1) is 24.6. The Bertz CT molecular complexity index is 847. The summed E-state index contributed by atoms with van der Waals surface area (Å²) >= 11 is 0. The molecule has 3 fully saturated rings. The first-order valence-corrected chi connectivity index (χ1v) is 14.4. The highest BCUT2D eigenvalue weighted by Gasteiger charge is 2.57. The Morgan fingerprint density at radius 2 is 1.82 bits per heavy atom. The van der Waals surface area contributed by atoms with Gasteiger partial charge in [0.1, 0.15) is 0 Å². The number of carbonyl (C=O) groups is 1. The van der Waals surface area contributed by atoms with Crippen LogP contribution in [0.5, 0.6) is 0 Å². The number of likely N-dealkylation sites (tertiary alicyclic amines) is 1. The fraction of sp³-hybridized carbons (Fsp3) is 0.839. The van der Waals surface area contributed by atoms with Crippen LogP contribution in [0.3, 0.4) is 0 Å². The summed E-state index contributed by atoms with van der Waals surface area (Å²) in [6.07, 6.45) is 18.4. The highest BCUT2D eigenvalue weighted by atomic mass is 16.3. The van der Waals surface area contributed by atoms with E-state index in [9.17, 15) is 9.90 Å². The minimum Gasteiger partial charge on any atom is -0.393 e. The Morgan fingerprint density at radius 1 is 1.09 bits per heavy atom. The highest BCUT2D eigenvalue weighted by molar-refractivity contribution is 5.76. The highest BCUT2D eigenvalue weighted by Crippen LogP contribution is 2.65. The number of nitrogens with zero attached hydrogens (tertiary/aromatic N) is 1. The van der Waals surface area contributed by atoms with Crippen molar-refractivity contribution in [1.29, 1.82) is 0 Å². The molecule has 190 valence electrons. The lowest BCUT2D eigenvalue weighted by Gasteiger charge is -2.58. The fourth-order valence-electron chi connectivity index (χ4n) is 9.02. The summed E-state index contributed by atoms with van der Waals surface area (Å²) < 4.78 is 0. The van der Waals surface area contributed by atoms with Crippen molar-refractivity contribution in [2.45, 2.75) is 105 Å². The first-order chi connectivity index (χ1) is 16.0. The number of hydrogen-bond acceptors (Lipinski definition) is 2. The second kappa shape index (κ2) is 8.79. The van der Waals surface area contributed by atoms with Crippen molar-refractivity contribution in [1.82, 2.24) is 4.90 Å². The molecule has 0 unspecified atom stereocenters. The third-order valence-electron chi connectivity index (χ3n) is 11.6. The molecule has 5 aliphatic rings. The topological polar surface area (TPSA) is 40.5 Å². The largest absolute Gasteiger partial charge is 0.393 e. The van der Waals surface area contributed by atoms with Crippen LogP contribution < -0.4 is 0 Å². The summed E-state index contributed by atoms with van der Waals surface area (Å²) in [5, 5.41) is 10.3. The zero-order chi connectivity index (χ0) is 24.3. The van der Waals surface area contributed by atoms with Crippen molar-refractivity contribution < 1.29 is 9.90 Å². The van der Waals surface area contributed by atoms with Crippen LogP contribution in [0.15, 0.2) is 23.8 Å². The minimum atomic E-state index is -0.125. The van der Waals surface area contributed by atoms with Crippen molar-refractivity contribution in [2.24, 2.45) is 45.8 Å². The molecule has 1 aliphatic heterocycles. The van der Waals surface area contributed by atoms with Crippen molar-refractivity contribution >= 4 is 5.91 Å². The van der Waals surface area contributed by atoms with Crippen molar-refractivity contribution in [3.63, 3.8) is 0 Å². The maximum Gasteiger partial charge on any atom is 0.222 e. The number of amides is 1. The molecule has 5 rings (SSSR count). The quantitative estimate of drug-likeness (QED) is 0.464. The zero-order valence-corrected chi connectivity index (χ0v) is 22.5. The Hall–Kier alpha value is -1.09. The second-order valence-corrected chi connectivity index (χ2v) is 14.1. The summed E-state index contributed by atoms with van der Waals surface area (Å²) in [5.74, 6) is 3.71. The van der Waals surface area contributed by atoms with Gasteiger partial charge in [-0.05, 0) is 104 Å². The van der Waals surface area contributed by atoms with Gasteiger partial charge < -0.3 is 10.0 Å². The summed E-state index contributed by atoms with van der Waals surface area (Å²) in [6, 6.07) is 0. The van der Waals surface area contributed by atoms with Crippen LogP contribution in [-0.2, 0) is 4.79 Å². The molecule has 1 amide bonds. The molecule has 1 heterocycles. The zero-order valence-electron chi connectivity index (χ0n) is 22.5. The second-order valence-electron chi connectivity index (χ2n) is 14.1. The van der Waals surface area contributed by atoms with E-state index in [2.05, 4.69) is 57.7 Å². The molecule has 4 aliphatic carbocycles. The average molecular weight is 468 g/mol. The molecule has 1 N–H and O–H groups in total. The van der Waals surface area contributed by atoms with E-state index in [4.69, 9.17) is 0 Å². The average Bonchev–Trinajstić information content (AvgIpc) is 3.15. The molecule has 8 atom stereocenters. The molecule has 0 spiro atoms. The molecule has 0 radical (unpaired) electrons. The van der Waals surface area contributed by atoms with E-state index in [0.29, 0.717) is 46.3 Å². The first-order valence-electron chi connectivity index (χ1n) is 14.4. The van der Waals surface area contributed by atoms with E-state index in [1.54, 1.807) is 5.57 Å². The molecule has 3 heteroatoms. The van der Waals surface area contributed by atoms with Gasteiger partial charge in [0.15, 0.2) is 0 Å². The van der Waals surface area contributed by atoms with Crippen LogP contribution in [0, 0.1) is 45.8 Å². The Labute approximate surface area is 208 Å². The maximum absolute atomic E-state index is 13.0. The number of hydrogen-bond donors (Lipinski definition) is 1. The molecule has 2 saturated carbocycles. The molecule has 0 bridgehead atoms. The molecule has 0 aromatic heterocycles. The lowest BCUT2D eigenvalue weighted by Crippen LogP contribution is -2.51. The Kier molecular flexibility index (Phi) is 6.36. The predicted molar refractivity (Wildman–Crippen MR) is 139 cm³/mol. The van der Waals surface area contributed by atoms with E-state index >= 15 is 0 Å². The van der Waals surface area contributed by atoms with Crippen LogP contribution in [0.25, 0.3) is 0 Å². The third kappa shape index (κ3) is 4.12. The lowest BCUT2D eigenvalue weighted by atomic mass is 9.46. The number of aliphatic hydroxyl groups is 1. The maximum atomic E-state index is 13.0. The number of aliphatic hydroxyl groups excluding tert-OH is 1. The summed E-state index contributed by atoms with van der Waals surface area (Å²) in [4.78, 5) is 15.1. The summed E-state index contributed by atoms with van der Waals surface area (Å²) in [5.41, 5.74) is 2.60. The molecule has 34 heavy (non-hydrogen) atoms. The van der Waals surface area contributed by atoms with Gasteiger partial charge in [0.2, 0.25) is 5.91 Å². The van der Waals surface area contributed by atoms with Gasteiger partial charge in [-0.2, -0.15) is 0 Å². The van der Waals surface area contributed by atoms with Gasteiger partial charge in [0, 0.05) is 19.5 Å². The van der Waals surface area contributed by atoms with Crippen LogP contribution in [0.4, 0.5) is 0 Å². The summed E-state index contributed by atoms with van der Waals surface area (Å²) in [6.45, 7) is 14.0. The molecular weight excluding hydrogens is 418 g/mol. The van der Waals surface area contributed by atoms with Gasteiger partial charge in [-0.3, -0.25) is 4.79 Å². The lowest BCUT2D eigenvalue weighted by molar-refractivity contribution is -0.133. The van der Waals surface area contributed by atoms with Gasteiger partial charge in [-0.1, -0.05) is 58.4 Å².